The number of aromatic nitrogens is 1. The Labute approximate surface area is 109 Å². The van der Waals surface area contributed by atoms with Crippen LogP contribution in [0.5, 0.6) is 0 Å². The third kappa shape index (κ3) is 3.45. The molecule has 0 aliphatic carbocycles. The van der Waals surface area contributed by atoms with Crippen molar-refractivity contribution in [3.05, 3.63) is 28.6 Å². The van der Waals surface area contributed by atoms with Gasteiger partial charge in [0.15, 0.2) is 0 Å². The molecule has 102 valence electrons. The molecular formula is C12H13F2N3O2. The van der Waals surface area contributed by atoms with Gasteiger partial charge in [0.25, 0.3) is 6.43 Å². The summed E-state index contributed by atoms with van der Waals surface area (Å²) in [6.45, 7) is 1.55. The van der Waals surface area contributed by atoms with Crippen LogP contribution in [0.3, 0.4) is 0 Å². The average molecular weight is 269 g/mol. The zero-order chi connectivity index (χ0) is 14.4. The smallest absolute Gasteiger partial charge is 0.310 e. The number of nitrogens with two attached hydrogens (primary N) is 1. The van der Waals surface area contributed by atoms with Crippen LogP contribution in [0, 0.1) is 11.3 Å². The number of hydrogen-bond donors (Lipinski definition) is 1. The Bertz CT molecular complexity index is 512. The number of halogens is 2. The maximum absolute atomic E-state index is 13.1. The van der Waals surface area contributed by atoms with Crippen LogP contribution >= 0.6 is 0 Å². The van der Waals surface area contributed by atoms with Gasteiger partial charge in [-0.1, -0.05) is 0 Å². The van der Waals surface area contributed by atoms with E-state index in [1.54, 1.807) is 13.0 Å². The fraction of sp³-hybridized carbons (Fsp3) is 0.417. The quantitative estimate of drug-likeness (QED) is 0.817. The fourth-order valence-corrected chi connectivity index (χ4v) is 1.67. The lowest BCUT2D eigenvalue weighted by atomic mass is 9.99. The van der Waals surface area contributed by atoms with E-state index in [0.717, 1.165) is 6.20 Å². The molecule has 0 atom stereocenters. The van der Waals surface area contributed by atoms with E-state index in [9.17, 15) is 13.6 Å². The first-order valence-corrected chi connectivity index (χ1v) is 5.59. The molecule has 1 aromatic rings. The first kappa shape index (κ1) is 15.0. The SMILES string of the molecule is CCOC(=O)Cc1c(C#N)cnc(CN)c1C(F)F. The van der Waals surface area contributed by atoms with E-state index in [2.05, 4.69) is 4.98 Å². The Morgan fingerprint density at radius 2 is 2.32 bits per heavy atom. The van der Waals surface area contributed by atoms with Gasteiger partial charge < -0.3 is 10.5 Å². The largest absolute Gasteiger partial charge is 0.466 e. The van der Waals surface area contributed by atoms with Crippen LogP contribution in [0.2, 0.25) is 0 Å². The highest BCUT2D eigenvalue weighted by Gasteiger charge is 2.23. The number of carbonyl (C=O) groups excluding carboxylic acids is 1. The summed E-state index contributed by atoms with van der Waals surface area (Å²) >= 11 is 0. The summed E-state index contributed by atoms with van der Waals surface area (Å²) < 4.78 is 30.8. The molecule has 0 spiro atoms. The number of alkyl halides is 2. The monoisotopic (exact) mass is 269 g/mol. The van der Waals surface area contributed by atoms with Crippen LogP contribution in [-0.2, 0) is 22.5 Å². The van der Waals surface area contributed by atoms with Crippen molar-refractivity contribution in [2.45, 2.75) is 26.3 Å². The molecule has 1 heterocycles. The van der Waals surface area contributed by atoms with Gasteiger partial charge in [-0.25, -0.2) is 8.78 Å². The summed E-state index contributed by atoms with van der Waals surface area (Å²) in [4.78, 5) is 15.2. The highest BCUT2D eigenvalue weighted by molar-refractivity contribution is 5.74. The van der Waals surface area contributed by atoms with Crippen molar-refractivity contribution in [3.8, 4) is 6.07 Å². The molecule has 0 aromatic carbocycles. The number of ether oxygens (including phenoxy) is 1. The molecule has 0 radical (unpaired) electrons. The van der Waals surface area contributed by atoms with Crippen LogP contribution in [-0.4, -0.2) is 17.6 Å². The molecule has 2 N–H and O–H groups in total. The first-order chi connectivity index (χ1) is 9.04. The Kier molecular flexibility index (Phi) is 5.33. The second-order valence-electron chi connectivity index (χ2n) is 3.61. The minimum atomic E-state index is -2.86. The topological polar surface area (TPSA) is 89.0 Å². The number of hydrogen-bond acceptors (Lipinski definition) is 5. The molecule has 0 unspecified atom stereocenters. The van der Waals surface area contributed by atoms with Gasteiger partial charge >= 0.3 is 5.97 Å². The van der Waals surface area contributed by atoms with Gasteiger partial charge in [0.05, 0.1) is 24.3 Å². The maximum atomic E-state index is 13.1. The third-order valence-electron chi connectivity index (χ3n) is 2.47. The number of pyridine rings is 1. The third-order valence-corrected chi connectivity index (χ3v) is 2.47. The van der Waals surface area contributed by atoms with Crippen molar-refractivity contribution in [1.29, 1.82) is 5.26 Å². The molecule has 0 aliphatic heterocycles. The zero-order valence-electron chi connectivity index (χ0n) is 10.3. The van der Waals surface area contributed by atoms with Gasteiger partial charge in [-0.05, 0) is 12.5 Å². The summed E-state index contributed by atoms with van der Waals surface area (Å²) in [6.07, 6.45) is -2.11. The van der Waals surface area contributed by atoms with Crippen LogP contribution in [0.15, 0.2) is 6.20 Å². The fourth-order valence-electron chi connectivity index (χ4n) is 1.67. The molecular weight excluding hydrogens is 256 g/mol. The average Bonchev–Trinajstić information content (AvgIpc) is 2.37. The standard InChI is InChI=1S/C12H13F2N3O2/c1-2-19-10(18)3-8-7(4-15)6-17-9(5-16)11(8)12(13)14/h6,12H,2-3,5,16H2,1H3. The normalized spacial score (nSPS) is 10.3. The van der Waals surface area contributed by atoms with Crippen molar-refractivity contribution in [2.24, 2.45) is 5.73 Å². The van der Waals surface area contributed by atoms with E-state index in [4.69, 9.17) is 15.7 Å². The molecule has 0 saturated carbocycles. The maximum Gasteiger partial charge on any atom is 0.310 e. The van der Waals surface area contributed by atoms with Gasteiger partial charge in [0.2, 0.25) is 0 Å². The van der Waals surface area contributed by atoms with Crippen LogP contribution in [0.1, 0.15) is 35.7 Å². The number of esters is 1. The van der Waals surface area contributed by atoms with Crippen molar-refractivity contribution < 1.29 is 18.3 Å². The molecule has 7 heteroatoms. The number of nitrogens with zero attached hydrogens (tertiary/aromatic N) is 2. The lowest BCUT2D eigenvalue weighted by Gasteiger charge is -2.13. The Hall–Kier alpha value is -2.07. The lowest BCUT2D eigenvalue weighted by molar-refractivity contribution is -0.142. The highest BCUT2D eigenvalue weighted by atomic mass is 19.3. The first-order valence-electron chi connectivity index (χ1n) is 5.59. The van der Waals surface area contributed by atoms with Crippen molar-refractivity contribution in [2.75, 3.05) is 6.61 Å². The molecule has 19 heavy (non-hydrogen) atoms. The van der Waals surface area contributed by atoms with Crippen LogP contribution in [0.4, 0.5) is 8.78 Å². The molecule has 1 rings (SSSR count). The molecule has 0 fully saturated rings. The predicted octanol–water partition coefficient (Wildman–Crippen LogP) is 1.46. The lowest BCUT2D eigenvalue weighted by Crippen LogP contribution is -2.15. The Balaban J connectivity index is 3.31. The van der Waals surface area contributed by atoms with Gasteiger partial charge in [-0.3, -0.25) is 9.78 Å². The van der Waals surface area contributed by atoms with Gasteiger partial charge in [0.1, 0.15) is 6.07 Å². The Morgan fingerprint density at radius 1 is 1.63 bits per heavy atom. The second kappa shape index (κ2) is 6.75. The van der Waals surface area contributed by atoms with Crippen molar-refractivity contribution >= 4 is 5.97 Å². The number of nitriles is 1. The van der Waals surface area contributed by atoms with Gasteiger partial charge in [0, 0.05) is 18.3 Å². The highest BCUT2D eigenvalue weighted by Crippen LogP contribution is 2.28. The van der Waals surface area contributed by atoms with Gasteiger partial charge in [-0.2, -0.15) is 5.26 Å². The zero-order valence-corrected chi connectivity index (χ0v) is 10.3. The molecule has 0 bridgehead atoms. The molecule has 0 amide bonds. The van der Waals surface area contributed by atoms with Crippen molar-refractivity contribution in [3.63, 3.8) is 0 Å². The summed E-state index contributed by atoms with van der Waals surface area (Å²) in [5.74, 6) is -0.671. The van der Waals surface area contributed by atoms with Crippen LogP contribution < -0.4 is 5.73 Å². The minimum absolute atomic E-state index is 0.0201. The molecule has 0 aliphatic rings. The predicted molar refractivity (Wildman–Crippen MR) is 62.1 cm³/mol. The van der Waals surface area contributed by atoms with E-state index in [1.807, 2.05) is 0 Å². The second-order valence-corrected chi connectivity index (χ2v) is 3.61. The van der Waals surface area contributed by atoms with Crippen LogP contribution in [0.25, 0.3) is 0 Å². The summed E-state index contributed by atoms with van der Waals surface area (Å²) in [7, 11) is 0. The Morgan fingerprint density at radius 3 is 2.79 bits per heavy atom. The summed E-state index contributed by atoms with van der Waals surface area (Å²) in [5, 5.41) is 8.91. The summed E-state index contributed by atoms with van der Waals surface area (Å²) in [5.41, 5.74) is 4.74. The molecule has 0 saturated heterocycles. The molecule has 5 nitrogen and oxygen atoms in total. The van der Waals surface area contributed by atoms with Gasteiger partial charge in [-0.15, -0.1) is 0 Å². The van der Waals surface area contributed by atoms with E-state index in [0.29, 0.717) is 0 Å². The number of rotatable bonds is 5. The molecule has 1 aromatic heterocycles. The summed E-state index contributed by atoms with van der Waals surface area (Å²) in [6, 6.07) is 1.75. The van der Waals surface area contributed by atoms with E-state index < -0.39 is 24.4 Å². The minimum Gasteiger partial charge on any atom is -0.466 e. The van der Waals surface area contributed by atoms with E-state index in [1.165, 1.54) is 0 Å². The van der Waals surface area contributed by atoms with Crippen molar-refractivity contribution in [1.82, 2.24) is 4.98 Å². The van der Waals surface area contributed by atoms with E-state index in [-0.39, 0.29) is 30.0 Å². The number of carbonyl (C=O) groups is 1. The van der Waals surface area contributed by atoms with E-state index >= 15 is 0 Å².